The van der Waals surface area contributed by atoms with Crippen molar-refractivity contribution in [2.75, 3.05) is 33.7 Å². The van der Waals surface area contributed by atoms with E-state index >= 15 is 0 Å². The Morgan fingerprint density at radius 3 is 1.95 bits per heavy atom. The fourth-order valence-corrected chi connectivity index (χ4v) is 10.1. The molecule has 0 aromatic rings. The van der Waals surface area contributed by atoms with Crippen LogP contribution in [0.15, 0.2) is 0 Å². The SMILES string of the molecule is CCCN(C)CC[CH2][In]([CH2]C)[CH2]CCN(C)C(C)C. The molecule has 0 unspecified atom stereocenters. The fraction of sp³-hybridized carbons (Fsp3) is 1.00. The Morgan fingerprint density at radius 2 is 1.47 bits per heavy atom. The summed E-state index contributed by atoms with van der Waals surface area (Å²) in [6, 6.07) is 0.706. The Bertz CT molecular complexity index is 197. The Hall–Kier alpha value is 0.790. The van der Waals surface area contributed by atoms with Crippen molar-refractivity contribution < 1.29 is 0 Å². The summed E-state index contributed by atoms with van der Waals surface area (Å²) >= 11 is -1.14. The molecule has 19 heavy (non-hydrogen) atoms. The van der Waals surface area contributed by atoms with Gasteiger partial charge in [-0.2, -0.15) is 0 Å². The first kappa shape index (κ1) is 19.8. The molecular formula is C16H37InN2. The second-order valence-electron chi connectivity index (χ2n) is 6.44. The molecule has 0 N–H and O–H groups in total. The third kappa shape index (κ3) is 11.2. The molecule has 0 aromatic carbocycles. The number of hydrogen-bond acceptors (Lipinski definition) is 2. The zero-order chi connectivity index (χ0) is 14.7. The van der Waals surface area contributed by atoms with Gasteiger partial charge in [-0.3, -0.25) is 0 Å². The summed E-state index contributed by atoms with van der Waals surface area (Å²) in [5.41, 5.74) is 0. The molecule has 2 nitrogen and oxygen atoms in total. The molecular weight excluding hydrogens is 335 g/mol. The van der Waals surface area contributed by atoms with E-state index in [0.29, 0.717) is 6.04 Å². The zero-order valence-electron chi connectivity index (χ0n) is 14.4. The van der Waals surface area contributed by atoms with Crippen molar-refractivity contribution in [3.63, 3.8) is 0 Å². The molecule has 0 aliphatic rings. The third-order valence-corrected chi connectivity index (χ3v) is 14.6. The maximum atomic E-state index is 2.51. The normalized spacial score (nSPS) is 11.8. The van der Waals surface area contributed by atoms with Crippen LogP contribution in [0.4, 0.5) is 0 Å². The fourth-order valence-electron chi connectivity index (χ4n) is 2.58. The Balaban J connectivity index is 3.66. The van der Waals surface area contributed by atoms with Gasteiger partial charge in [0, 0.05) is 0 Å². The van der Waals surface area contributed by atoms with E-state index in [0.717, 1.165) is 0 Å². The Kier molecular flexibility index (Phi) is 13.0. The molecule has 0 bridgehead atoms. The van der Waals surface area contributed by atoms with Crippen molar-refractivity contribution in [2.45, 2.75) is 65.5 Å². The van der Waals surface area contributed by atoms with Crippen molar-refractivity contribution in [1.82, 2.24) is 9.80 Å². The average Bonchev–Trinajstić information content (AvgIpc) is 2.36. The summed E-state index contributed by atoms with van der Waals surface area (Å²) in [6.45, 7) is 13.2. The van der Waals surface area contributed by atoms with Crippen molar-refractivity contribution in [1.29, 1.82) is 0 Å². The maximum absolute atomic E-state index is 2.51. The van der Waals surface area contributed by atoms with Crippen LogP contribution in [0.2, 0.25) is 12.5 Å². The van der Waals surface area contributed by atoms with Crippen LogP contribution in [-0.4, -0.2) is 71.0 Å². The van der Waals surface area contributed by atoms with Gasteiger partial charge in [0.1, 0.15) is 0 Å². The topological polar surface area (TPSA) is 6.48 Å². The van der Waals surface area contributed by atoms with Crippen molar-refractivity contribution >= 4 is 21.4 Å². The molecule has 0 saturated carbocycles. The van der Waals surface area contributed by atoms with Crippen molar-refractivity contribution in [3.05, 3.63) is 0 Å². The van der Waals surface area contributed by atoms with Gasteiger partial charge >= 0.3 is 130 Å². The standard InChI is InChI=1S/2C7H16N.C2H5.In/c1-5-6-8(4)7(2)3;1-4-6-8(3)7-5-2;1-2;/h7H,1,5-6H2,2-4H3;1,4-7H2,2-3H3;1H2,2H3;. The Morgan fingerprint density at radius 1 is 0.895 bits per heavy atom. The van der Waals surface area contributed by atoms with Gasteiger partial charge in [-0.15, -0.1) is 0 Å². The summed E-state index contributed by atoms with van der Waals surface area (Å²) in [5.74, 6) is 0. The van der Waals surface area contributed by atoms with Crippen LogP contribution in [-0.2, 0) is 0 Å². The molecule has 0 aromatic heterocycles. The van der Waals surface area contributed by atoms with Crippen LogP contribution in [0.3, 0.4) is 0 Å². The van der Waals surface area contributed by atoms with Gasteiger partial charge in [-0.1, -0.05) is 0 Å². The average molecular weight is 372 g/mol. The van der Waals surface area contributed by atoms with Crippen molar-refractivity contribution in [3.8, 4) is 0 Å². The third-order valence-electron chi connectivity index (χ3n) is 4.34. The summed E-state index contributed by atoms with van der Waals surface area (Å²) in [4.78, 5) is 5.00. The molecule has 0 heterocycles. The van der Waals surface area contributed by atoms with Gasteiger partial charge in [-0.05, 0) is 0 Å². The van der Waals surface area contributed by atoms with E-state index in [9.17, 15) is 0 Å². The van der Waals surface area contributed by atoms with Crippen LogP contribution in [0.5, 0.6) is 0 Å². The minimum atomic E-state index is -1.14. The Labute approximate surface area is 130 Å². The van der Waals surface area contributed by atoms with E-state index in [1.807, 2.05) is 0 Å². The summed E-state index contributed by atoms with van der Waals surface area (Å²) in [6.07, 6.45) is 4.21. The quantitative estimate of drug-likeness (QED) is 0.512. The molecule has 114 valence electrons. The van der Waals surface area contributed by atoms with Crippen molar-refractivity contribution in [2.24, 2.45) is 0 Å². The van der Waals surface area contributed by atoms with E-state index in [1.54, 1.807) is 12.5 Å². The number of hydrogen-bond donors (Lipinski definition) is 0. The van der Waals surface area contributed by atoms with Crippen LogP contribution in [0, 0.1) is 0 Å². The molecule has 0 atom stereocenters. The molecule has 0 amide bonds. The first-order chi connectivity index (χ1) is 9.01. The molecule has 0 radical (unpaired) electrons. The monoisotopic (exact) mass is 372 g/mol. The number of rotatable bonds is 12. The molecule has 0 saturated heterocycles. The summed E-state index contributed by atoms with van der Waals surface area (Å²) in [5, 5.41) is 0. The van der Waals surface area contributed by atoms with E-state index in [2.05, 4.69) is 51.6 Å². The first-order valence-corrected chi connectivity index (χ1v) is 15.4. The second kappa shape index (κ2) is 12.5. The predicted molar refractivity (Wildman–Crippen MR) is 90.6 cm³/mol. The summed E-state index contributed by atoms with van der Waals surface area (Å²) in [7, 11) is 4.54. The van der Waals surface area contributed by atoms with Crippen LogP contribution < -0.4 is 0 Å². The van der Waals surface area contributed by atoms with Gasteiger partial charge in [0.05, 0.1) is 0 Å². The van der Waals surface area contributed by atoms with Gasteiger partial charge in [0.25, 0.3) is 0 Å². The zero-order valence-corrected chi connectivity index (χ0v) is 17.7. The molecule has 0 aliphatic heterocycles. The molecule has 0 fully saturated rings. The van der Waals surface area contributed by atoms with Crippen LogP contribution in [0.25, 0.3) is 0 Å². The van der Waals surface area contributed by atoms with E-state index in [4.69, 9.17) is 0 Å². The van der Waals surface area contributed by atoms with Crippen LogP contribution >= 0.6 is 0 Å². The predicted octanol–water partition coefficient (Wildman–Crippen LogP) is 3.96. The van der Waals surface area contributed by atoms with Crippen LogP contribution in [0.1, 0.15) is 47.0 Å². The van der Waals surface area contributed by atoms with Gasteiger partial charge in [0.2, 0.25) is 0 Å². The van der Waals surface area contributed by atoms with E-state index < -0.39 is 21.4 Å². The molecule has 3 heteroatoms. The molecule has 0 rings (SSSR count). The van der Waals surface area contributed by atoms with E-state index in [1.165, 1.54) is 38.9 Å². The van der Waals surface area contributed by atoms with Gasteiger partial charge in [-0.25, -0.2) is 0 Å². The van der Waals surface area contributed by atoms with E-state index in [-0.39, 0.29) is 0 Å². The summed E-state index contributed by atoms with van der Waals surface area (Å²) < 4.78 is 4.80. The van der Waals surface area contributed by atoms with Gasteiger partial charge < -0.3 is 0 Å². The molecule has 0 aliphatic carbocycles. The first-order valence-electron chi connectivity index (χ1n) is 8.39. The second-order valence-corrected chi connectivity index (χ2v) is 17.0. The molecule has 0 spiro atoms. The minimum absolute atomic E-state index is 0.706. The number of nitrogens with zero attached hydrogens (tertiary/aromatic N) is 2. The van der Waals surface area contributed by atoms with Gasteiger partial charge in [0.15, 0.2) is 0 Å².